The first-order chi connectivity index (χ1) is 10.0. The second kappa shape index (κ2) is 6.71. The van der Waals surface area contributed by atoms with Crippen LogP contribution in [-0.4, -0.2) is 18.9 Å². The van der Waals surface area contributed by atoms with Crippen molar-refractivity contribution in [1.82, 2.24) is 5.48 Å². The fourth-order valence-corrected chi connectivity index (χ4v) is 2.91. The number of benzene rings is 1. The van der Waals surface area contributed by atoms with Crippen LogP contribution in [0.25, 0.3) is 0 Å². The summed E-state index contributed by atoms with van der Waals surface area (Å²) in [5.41, 5.74) is 3.38. The van der Waals surface area contributed by atoms with E-state index in [-0.39, 0.29) is 11.8 Å². The third-order valence-electron chi connectivity index (χ3n) is 2.67. The van der Waals surface area contributed by atoms with Gasteiger partial charge in [0.05, 0.1) is 27.6 Å². The molecule has 2 N–H and O–H groups in total. The Kier molecular flexibility index (Phi) is 4.95. The molecule has 0 radical (unpaired) electrons. The molecule has 21 heavy (non-hydrogen) atoms. The van der Waals surface area contributed by atoms with Gasteiger partial charge < -0.3 is 5.32 Å². The van der Waals surface area contributed by atoms with Gasteiger partial charge in [0.15, 0.2) is 0 Å². The molecule has 2 rings (SSSR count). The van der Waals surface area contributed by atoms with E-state index in [1.807, 2.05) is 0 Å². The van der Waals surface area contributed by atoms with Crippen LogP contribution in [0.5, 0.6) is 0 Å². The average molecular weight is 325 g/mol. The zero-order valence-electron chi connectivity index (χ0n) is 11.4. The van der Waals surface area contributed by atoms with Crippen LogP contribution < -0.4 is 10.8 Å². The lowest BCUT2D eigenvalue weighted by Crippen LogP contribution is -2.21. The Balaban J connectivity index is 2.17. The number of hydrogen-bond donors (Lipinski definition) is 2. The summed E-state index contributed by atoms with van der Waals surface area (Å²) in [4.78, 5) is 28.9. The lowest BCUT2D eigenvalue weighted by Gasteiger charge is -2.04. The van der Waals surface area contributed by atoms with E-state index in [0.717, 1.165) is 5.56 Å². The number of nitrogens with one attached hydrogen (secondary N) is 2. The van der Waals surface area contributed by atoms with E-state index in [0.29, 0.717) is 20.5 Å². The largest absolute Gasteiger partial charge is 0.313 e. The topological polar surface area (TPSA) is 67.4 Å². The molecule has 2 amide bonds. The van der Waals surface area contributed by atoms with Crippen molar-refractivity contribution in [3.8, 4) is 0 Å². The van der Waals surface area contributed by atoms with E-state index in [4.69, 9.17) is 11.6 Å². The lowest BCUT2D eigenvalue weighted by molar-refractivity contribution is 0.0541. The van der Waals surface area contributed by atoms with Crippen LogP contribution in [0.1, 0.15) is 25.6 Å². The second-order valence-electron chi connectivity index (χ2n) is 4.19. The number of carbonyl (C=O) groups excluding carboxylic acids is 2. The quantitative estimate of drug-likeness (QED) is 0.848. The van der Waals surface area contributed by atoms with E-state index in [1.54, 1.807) is 37.3 Å². The van der Waals surface area contributed by atoms with Gasteiger partial charge in [0.2, 0.25) is 0 Å². The summed E-state index contributed by atoms with van der Waals surface area (Å²) in [6.07, 6.45) is 0. The van der Waals surface area contributed by atoms with E-state index < -0.39 is 0 Å². The monoisotopic (exact) mass is 324 g/mol. The molecule has 0 fully saturated rings. The van der Waals surface area contributed by atoms with Crippen molar-refractivity contribution < 1.29 is 14.4 Å². The maximum absolute atomic E-state index is 12.1. The number of halogens is 1. The molecule has 0 atom stereocenters. The molecular weight excluding hydrogens is 312 g/mol. The predicted octanol–water partition coefficient (Wildman–Crippen LogP) is 3.25. The fourth-order valence-electron chi connectivity index (χ4n) is 1.73. The van der Waals surface area contributed by atoms with Gasteiger partial charge >= 0.3 is 0 Å². The number of thiophene rings is 1. The number of amides is 2. The predicted molar refractivity (Wildman–Crippen MR) is 82.9 cm³/mol. The maximum Gasteiger partial charge on any atom is 0.285 e. The standard InChI is InChI=1S/C14H13ClN2O3S/c1-8-7-11(21-12(8)14(19)17-20-2)16-13(18)9-5-3-4-6-10(9)15/h3-7H,1-2H3,(H,16,18)(H,17,19). The van der Waals surface area contributed by atoms with Crippen LogP contribution in [0.3, 0.4) is 0 Å². The zero-order valence-corrected chi connectivity index (χ0v) is 13.0. The second-order valence-corrected chi connectivity index (χ2v) is 5.65. The summed E-state index contributed by atoms with van der Waals surface area (Å²) >= 11 is 7.14. The van der Waals surface area contributed by atoms with Crippen molar-refractivity contribution >= 4 is 39.8 Å². The molecule has 5 nitrogen and oxygen atoms in total. The normalized spacial score (nSPS) is 10.2. The molecule has 0 bridgehead atoms. The first kappa shape index (κ1) is 15.5. The smallest absolute Gasteiger partial charge is 0.285 e. The van der Waals surface area contributed by atoms with Gasteiger partial charge in [0.1, 0.15) is 0 Å². The molecule has 1 aromatic carbocycles. The molecule has 0 aliphatic carbocycles. The van der Waals surface area contributed by atoms with Crippen LogP contribution in [0.4, 0.5) is 5.00 Å². The summed E-state index contributed by atoms with van der Waals surface area (Å²) in [5, 5.41) is 3.68. The average Bonchev–Trinajstić information content (AvgIpc) is 2.80. The zero-order chi connectivity index (χ0) is 15.4. The maximum atomic E-state index is 12.1. The molecule has 0 saturated carbocycles. The van der Waals surface area contributed by atoms with Crippen LogP contribution in [0.2, 0.25) is 5.02 Å². The Morgan fingerprint density at radius 3 is 2.62 bits per heavy atom. The van der Waals surface area contributed by atoms with Crippen LogP contribution in [0.15, 0.2) is 30.3 Å². The van der Waals surface area contributed by atoms with Crippen LogP contribution in [-0.2, 0) is 4.84 Å². The van der Waals surface area contributed by atoms with Gasteiger partial charge in [-0.15, -0.1) is 11.3 Å². The minimum Gasteiger partial charge on any atom is -0.313 e. The van der Waals surface area contributed by atoms with Gasteiger partial charge in [-0.05, 0) is 30.7 Å². The van der Waals surface area contributed by atoms with Crippen molar-refractivity contribution in [3.05, 3.63) is 51.4 Å². The van der Waals surface area contributed by atoms with Gasteiger partial charge in [-0.3, -0.25) is 14.4 Å². The number of aryl methyl sites for hydroxylation is 1. The summed E-state index contributed by atoms with van der Waals surface area (Å²) in [7, 11) is 1.36. The van der Waals surface area contributed by atoms with Crippen molar-refractivity contribution in [1.29, 1.82) is 0 Å². The van der Waals surface area contributed by atoms with Crippen LogP contribution in [0, 0.1) is 6.92 Å². The first-order valence-electron chi connectivity index (χ1n) is 6.02. The molecule has 1 heterocycles. The van der Waals surface area contributed by atoms with Gasteiger partial charge in [-0.25, -0.2) is 5.48 Å². The lowest BCUT2D eigenvalue weighted by atomic mass is 10.2. The number of carbonyl (C=O) groups is 2. The highest BCUT2D eigenvalue weighted by molar-refractivity contribution is 7.18. The Bertz CT molecular complexity index is 685. The van der Waals surface area contributed by atoms with Crippen molar-refractivity contribution in [3.63, 3.8) is 0 Å². The summed E-state index contributed by atoms with van der Waals surface area (Å²) in [5.74, 6) is -0.668. The minimum atomic E-state index is -0.349. The number of hydrogen-bond acceptors (Lipinski definition) is 4. The molecule has 7 heteroatoms. The van der Waals surface area contributed by atoms with Gasteiger partial charge in [-0.1, -0.05) is 23.7 Å². The molecule has 2 aromatic rings. The minimum absolute atomic E-state index is 0.319. The van der Waals surface area contributed by atoms with E-state index in [9.17, 15) is 9.59 Å². The Hall–Kier alpha value is -1.89. The third-order valence-corrected chi connectivity index (χ3v) is 4.15. The Morgan fingerprint density at radius 2 is 1.95 bits per heavy atom. The van der Waals surface area contributed by atoms with E-state index in [2.05, 4.69) is 15.6 Å². The molecule has 1 aromatic heterocycles. The summed E-state index contributed by atoms with van der Waals surface area (Å²) < 4.78 is 0. The number of hydroxylamine groups is 1. The van der Waals surface area contributed by atoms with Crippen molar-refractivity contribution in [2.24, 2.45) is 0 Å². The van der Waals surface area contributed by atoms with Crippen molar-refractivity contribution in [2.75, 3.05) is 12.4 Å². The van der Waals surface area contributed by atoms with Gasteiger partial charge in [0.25, 0.3) is 11.8 Å². The highest BCUT2D eigenvalue weighted by Gasteiger charge is 2.16. The Labute approximate surface area is 130 Å². The van der Waals surface area contributed by atoms with Gasteiger partial charge in [-0.2, -0.15) is 0 Å². The molecule has 0 aliphatic rings. The molecule has 0 saturated heterocycles. The van der Waals surface area contributed by atoms with Crippen LogP contribution >= 0.6 is 22.9 Å². The van der Waals surface area contributed by atoms with E-state index in [1.165, 1.54) is 18.4 Å². The first-order valence-corrected chi connectivity index (χ1v) is 7.22. The van der Waals surface area contributed by atoms with Crippen molar-refractivity contribution in [2.45, 2.75) is 6.92 Å². The highest BCUT2D eigenvalue weighted by atomic mass is 35.5. The third kappa shape index (κ3) is 3.60. The summed E-state index contributed by atoms with van der Waals surface area (Å²) in [6, 6.07) is 8.49. The highest BCUT2D eigenvalue weighted by Crippen LogP contribution is 2.27. The fraction of sp³-hybridized carbons (Fsp3) is 0.143. The van der Waals surface area contributed by atoms with Gasteiger partial charge in [0, 0.05) is 0 Å². The molecule has 0 spiro atoms. The number of anilines is 1. The molecule has 0 aliphatic heterocycles. The molecule has 110 valence electrons. The molecule has 0 unspecified atom stereocenters. The number of rotatable bonds is 4. The summed E-state index contributed by atoms with van der Waals surface area (Å²) in [6.45, 7) is 1.78. The van der Waals surface area contributed by atoms with E-state index >= 15 is 0 Å². The Morgan fingerprint density at radius 1 is 1.24 bits per heavy atom. The SMILES string of the molecule is CONC(=O)c1sc(NC(=O)c2ccccc2Cl)cc1C. The molecular formula is C14H13ClN2O3S.